The van der Waals surface area contributed by atoms with Crippen molar-refractivity contribution in [2.24, 2.45) is 5.73 Å². The van der Waals surface area contributed by atoms with Gasteiger partial charge in [-0.15, -0.1) is 0 Å². The van der Waals surface area contributed by atoms with E-state index >= 15 is 0 Å². The van der Waals surface area contributed by atoms with Crippen molar-refractivity contribution in [3.63, 3.8) is 0 Å². The maximum absolute atomic E-state index is 13.6. The van der Waals surface area contributed by atoms with Gasteiger partial charge in [0.2, 0.25) is 11.8 Å². The van der Waals surface area contributed by atoms with Crippen molar-refractivity contribution in [2.45, 2.75) is 24.3 Å². The van der Waals surface area contributed by atoms with Gasteiger partial charge in [-0.2, -0.15) is 5.26 Å². The summed E-state index contributed by atoms with van der Waals surface area (Å²) in [6, 6.07) is 37.9. The minimum Gasteiger partial charge on any atom is -0.368 e. The summed E-state index contributed by atoms with van der Waals surface area (Å²) in [4.78, 5) is 25.9. The summed E-state index contributed by atoms with van der Waals surface area (Å²) in [7, 11) is 0. The van der Waals surface area contributed by atoms with Crippen LogP contribution in [0.25, 0.3) is 0 Å². The number of primary amides is 1. The lowest BCUT2D eigenvalue weighted by Gasteiger charge is -2.36. The van der Waals surface area contributed by atoms with Crippen LogP contribution in [0.4, 0.5) is 0 Å². The molecule has 0 bridgehead atoms. The van der Waals surface area contributed by atoms with Crippen molar-refractivity contribution in [1.29, 1.82) is 5.26 Å². The van der Waals surface area contributed by atoms with E-state index in [4.69, 9.17) is 5.73 Å². The number of hydrogen-bond donors (Lipinski definition) is 2. The quantitative estimate of drug-likeness (QED) is 0.351. The van der Waals surface area contributed by atoms with Crippen molar-refractivity contribution in [1.82, 2.24) is 5.32 Å². The summed E-state index contributed by atoms with van der Waals surface area (Å²) >= 11 is 0. The van der Waals surface area contributed by atoms with Crippen molar-refractivity contribution >= 4 is 11.8 Å². The normalized spacial score (nSPS) is 11.8. The third kappa shape index (κ3) is 5.34. The van der Waals surface area contributed by atoms with Crippen LogP contribution in [0.5, 0.6) is 0 Å². The van der Waals surface area contributed by atoms with Crippen LogP contribution in [0.15, 0.2) is 115 Å². The van der Waals surface area contributed by atoms with E-state index in [2.05, 4.69) is 11.4 Å². The molecule has 5 heteroatoms. The fraction of sp³-hybridized carbons (Fsp3) is 0.129. The van der Waals surface area contributed by atoms with Gasteiger partial charge >= 0.3 is 0 Å². The van der Waals surface area contributed by atoms with Gasteiger partial charge in [-0.3, -0.25) is 9.59 Å². The molecule has 0 spiro atoms. The molecule has 2 amide bonds. The second-order valence-electron chi connectivity index (χ2n) is 8.72. The van der Waals surface area contributed by atoms with Gasteiger partial charge in [-0.05, 0) is 34.4 Å². The number of nitriles is 1. The first kappa shape index (κ1) is 24.4. The zero-order valence-corrected chi connectivity index (χ0v) is 19.8. The monoisotopic (exact) mass is 473 g/mol. The smallest absolute Gasteiger partial charge is 0.240 e. The summed E-state index contributed by atoms with van der Waals surface area (Å²) in [5, 5.41) is 12.1. The van der Waals surface area contributed by atoms with Crippen LogP contribution in [0.1, 0.15) is 34.2 Å². The molecule has 178 valence electrons. The Hall–Kier alpha value is -4.69. The van der Waals surface area contributed by atoms with E-state index in [1.165, 1.54) is 0 Å². The SMILES string of the molecule is N#Cc1cccc(C[C@@H](NC(=O)CC(c2ccccc2)(c2ccccc2)c2ccccc2)C(N)=O)c1. The number of carbonyl (C=O) groups is 2. The topological polar surface area (TPSA) is 96.0 Å². The van der Waals surface area contributed by atoms with Gasteiger partial charge in [0, 0.05) is 12.8 Å². The maximum atomic E-state index is 13.6. The zero-order chi connectivity index (χ0) is 25.4. The van der Waals surface area contributed by atoms with Crippen LogP contribution < -0.4 is 11.1 Å². The highest BCUT2D eigenvalue weighted by Gasteiger charge is 2.39. The summed E-state index contributed by atoms with van der Waals surface area (Å²) in [6.07, 6.45) is 0.276. The van der Waals surface area contributed by atoms with Crippen molar-refractivity contribution in [2.75, 3.05) is 0 Å². The lowest BCUT2D eigenvalue weighted by atomic mass is 9.67. The molecule has 4 rings (SSSR count). The number of nitrogens with zero attached hydrogens (tertiary/aromatic N) is 1. The highest BCUT2D eigenvalue weighted by atomic mass is 16.2. The number of benzene rings is 4. The molecule has 5 nitrogen and oxygen atoms in total. The largest absolute Gasteiger partial charge is 0.368 e. The Morgan fingerprint density at radius 1 is 0.778 bits per heavy atom. The second-order valence-corrected chi connectivity index (χ2v) is 8.72. The molecule has 36 heavy (non-hydrogen) atoms. The molecule has 0 saturated carbocycles. The van der Waals surface area contributed by atoms with Gasteiger partial charge in [-0.25, -0.2) is 0 Å². The third-order valence-corrected chi connectivity index (χ3v) is 6.40. The van der Waals surface area contributed by atoms with E-state index in [-0.39, 0.29) is 18.7 Å². The van der Waals surface area contributed by atoms with Gasteiger partial charge in [0.15, 0.2) is 0 Å². The summed E-state index contributed by atoms with van der Waals surface area (Å²) in [6.45, 7) is 0. The van der Waals surface area contributed by atoms with Gasteiger partial charge < -0.3 is 11.1 Å². The molecule has 0 radical (unpaired) electrons. The molecule has 0 saturated heterocycles. The Morgan fingerprint density at radius 2 is 1.28 bits per heavy atom. The second kappa shape index (κ2) is 11.2. The fourth-order valence-corrected chi connectivity index (χ4v) is 4.69. The summed E-state index contributed by atoms with van der Waals surface area (Å²) in [5.41, 5.74) is 9.04. The van der Waals surface area contributed by atoms with E-state index in [0.717, 1.165) is 22.3 Å². The van der Waals surface area contributed by atoms with Crippen molar-refractivity contribution in [3.05, 3.63) is 143 Å². The van der Waals surface area contributed by atoms with Crippen LogP contribution in [0.2, 0.25) is 0 Å². The Labute approximate surface area is 211 Å². The predicted molar refractivity (Wildman–Crippen MR) is 140 cm³/mol. The van der Waals surface area contributed by atoms with Crippen molar-refractivity contribution in [3.8, 4) is 6.07 Å². The number of hydrogen-bond acceptors (Lipinski definition) is 3. The lowest BCUT2D eigenvalue weighted by Crippen LogP contribution is -2.48. The van der Waals surface area contributed by atoms with Crippen LogP contribution in [-0.2, 0) is 21.4 Å². The standard InChI is InChI=1S/C31H27N3O2/c32-22-24-12-10-11-23(19-24)20-28(30(33)36)34-29(35)21-31(25-13-4-1-5-14-25,26-15-6-2-7-16-26)27-17-8-3-9-18-27/h1-19,28H,20-21H2,(H2,33,36)(H,34,35)/t28-/m1/s1. The van der Waals surface area contributed by atoms with E-state index in [1.807, 2.05) is 97.1 Å². The maximum Gasteiger partial charge on any atom is 0.240 e. The molecule has 0 aliphatic rings. The molecule has 0 fully saturated rings. The van der Waals surface area contributed by atoms with Crippen LogP contribution in [0, 0.1) is 11.3 Å². The molecule has 4 aromatic carbocycles. The fourth-order valence-electron chi connectivity index (χ4n) is 4.69. The molecule has 0 heterocycles. The highest BCUT2D eigenvalue weighted by molar-refractivity contribution is 5.88. The number of rotatable bonds is 9. The molecule has 0 aliphatic heterocycles. The number of amides is 2. The number of nitrogens with one attached hydrogen (secondary N) is 1. The van der Waals surface area contributed by atoms with Gasteiger partial charge in [0.1, 0.15) is 6.04 Å². The summed E-state index contributed by atoms with van der Waals surface area (Å²) < 4.78 is 0. The average molecular weight is 474 g/mol. The molecule has 1 atom stereocenters. The van der Waals surface area contributed by atoms with Gasteiger partial charge in [0.25, 0.3) is 0 Å². The first-order chi connectivity index (χ1) is 17.5. The first-order valence-corrected chi connectivity index (χ1v) is 11.8. The molecular formula is C31H27N3O2. The Morgan fingerprint density at radius 3 is 1.72 bits per heavy atom. The minimum absolute atomic E-state index is 0.0764. The molecule has 4 aromatic rings. The Balaban J connectivity index is 1.72. The van der Waals surface area contributed by atoms with Gasteiger partial charge in [0.05, 0.1) is 17.0 Å². The molecular weight excluding hydrogens is 446 g/mol. The van der Waals surface area contributed by atoms with Crippen molar-refractivity contribution < 1.29 is 9.59 Å². The van der Waals surface area contributed by atoms with E-state index in [1.54, 1.807) is 18.2 Å². The number of carbonyl (C=O) groups excluding carboxylic acids is 2. The summed E-state index contributed by atoms with van der Waals surface area (Å²) in [5.74, 6) is -0.928. The molecule has 0 aliphatic carbocycles. The molecule has 3 N–H and O–H groups in total. The third-order valence-electron chi connectivity index (χ3n) is 6.40. The predicted octanol–water partition coefficient (Wildman–Crippen LogP) is 4.50. The van der Waals surface area contributed by atoms with E-state index in [0.29, 0.717) is 5.56 Å². The molecule has 0 unspecified atom stereocenters. The van der Waals surface area contributed by atoms with E-state index < -0.39 is 17.4 Å². The Kier molecular flexibility index (Phi) is 7.57. The van der Waals surface area contributed by atoms with Crippen LogP contribution in [0.3, 0.4) is 0 Å². The molecule has 0 aromatic heterocycles. The van der Waals surface area contributed by atoms with Crippen LogP contribution >= 0.6 is 0 Å². The Bertz CT molecular complexity index is 1270. The van der Waals surface area contributed by atoms with Gasteiger partial charge in [-0.1, -0.05) is 103 Å². The first-order valence-electron chi connectivity index (χ1n) is 11.8. The average Bonchev–Trinajstić information content (AvgIpc) is 2.93. The van der Waals surface area contributed by atoms with Crippen LogP contribution in [-0.4, -0.2) is 17.9 Å². The van der Waals surface area contributed by atoms with E-state index in [9.17, 15) is 14.9 Å². The number of nitrogens with two attached hydrogens (primary N) is 1. The highest BCUT2D eigenvalue weighted by Crippen LogP contribution is 2.42. The zero-order valence-electron chi connectivity index (χ0n) is 19.8. The lowest BCUT2D eigenvalue weighted by molar-refractivity contribution is -0.127. The minimum atomic E-state index is -0.911.